The summed E-state index contributed by atoms with van der Waals surface area (Å²) in [5.41, 5.74) is 7.03. The van der Waals surface area contributed by atoms with Gasteiger partial charge in [0.05, 0.1) is 19.9 Å². The molecule has 0 aliphatic heterocycles. The van der Waals surface area contributed by atoms with E-state index in [-0.39, 0.29) is 12.5 Å². The minimum absolute atomic E-state index is 0.204. The molecule has 0 aromatic heterocycles. The van der Waals surface area contributed by atoms with Gasteiger partial charge in [0.15, 0.2) is 0 Å². The molecule has 0 fully saturated rings. The second-order valence-corrected chi connectivity index (χ2v) is 6.19. The second-order valence-electron chi connectivity index (χ2n) is 6.19. The van der Waals surface area contributed by atoms with Crippen molar-refractivity contribution in [2.24, 2.45) is 5.16 Å². The number of oxime groups is 1. The molecule has 1 unspecified atom stereocenters. The first kappa shape index (κ1) is 21.4. The number of amides is 1. The predicted molar refractivity (Wildman–Crippen MR) is 108 cm³/mol. The highest BCUT2D eigenvalue weighted by Gasteiger charge is 2.23. The summed E-state index contributed by atoms with van der Waals surface area (Å²) in [7, 11) is 4.68. The van der Waals surface area contributed by atoms with Crippen LogP contribution in [0, 0.1) is 6.92 Å². The van der Waals surface area contributed by atoms with E-state index in [0.717, 1.165) is 33.7 Å². The van der Waals surface area contributed by atoms with Crippen LogP contribution >= 0.6 is 0 Å². The predicted octanol–water partition coefficient (Wildman–Crippen LogP) is 2.88. The molecule has 1 atom stereocenters. The van der Waals surface area contributed by atoms with Gasteiger partial charge in [-0.15, -0.1) is 0 Å². The minimum Gasteiger partial charge on any atom is -0.497 e. The monoisotopic (exact) mass is 385 g/mol. The van der Waals surface area contributed by atoms with Gasteiger partial charge in [-0.2, -0.15) is 5.48 Å². The molecule has 0 saturated heterocycles. The Morgan fingerprint density at radius 3 is 2.61 bits per heavy atom. The van der Waals surface area contributed by atoms with Crippen LogP contribution in [0.25, 0.3) is 0 Å². The van der Waals surface area contributed by atoms with E-state index in [1.54, 1.807) is 14.2 Å². The van der Waals surface area contributed by atoms with E-state index in [1.807, 2.05) is 56.3 Å². The third-order valence-electron chi connectivity index (χ3n) is 4.40. The van der Waals surface area contributed by atoms with Crippen molar-refractivity contribution in [1.29, 1.82) is 0 Å². The zero-order valence-electron chi connectivity index (χ0n) is 16.9. The van der Waals surface area contributed by atoms with Crippen molar-refractivity contribution >= 4 is 11.6 Å². The van der Waals surface area contributed by atoms with Crippen LogP contribution in [0.2, 0.25) is 0 Å². The van der Waals surface area contributed by atoms with Crippen LogP contribution in [-0.2, 0) is 21.1 Å². The number of carbonyl (C=O) groups is 1. The molecule has 1 amide bonds. The number of ether oxygens (including phenoxy) is 1. The third kappa shape index (κ3) is 5.31. The Morgan fingerprint density at radius 1 is 1.18 bits per heavy atom. The number of carbonyl (C=O) groups excluding carboxylic acids is 1. The van der Waals surface area contributed by atoms with Gasteiger partial charge in [-0.05, 0) is 37.1 Å². The first-order valence-corrected chi connectivity index (χ1v) is 8.91. The summed E-state index contributed by atoms with van der Waals surface area (Å²) < 4.78 is 5.24. The standard InChI is InChI=1S/C21H27N3O4/c1-14-8-6-11-18(20(24-27-5)21(25)22-3)19(14)13-28-23-15(2)16-9-7-10-17(12-16)26-4/h6-12,20,24H,13H2,1-5H3,(H,22,25)/b23-15+. The molecule has 7 heteroatoms. The molecule has 7 nitrogen and oxygen atoms in total. The summed E-state index contributed by atoms with van der Waals surface area (Å²) in [5.74, 6) is 0.553. The van der Waals surface area contributed by atoms with Crippen molar-refractivity contribution < 1.29 is 19.2 Å². The largest absolute Gasteiger partial charge is 0.497 e. The number of nitrogens with zero attached hydrogens (tertiary/aromatic N) is 1. The molecule has 0 spiro atoms. The van der Waals surface area contributed by atoms with E-state index >= 15 is 0 Å². The maximum Gasteiger partial charge on any atom is 0.243 e. The van der Waals surface area contributed by atoms with Gasteiger partial charge in [0.2, 0.25) is 5.91 Å². The Hall–Kier alpha value is -2.90. The molecule has 0 saturated carbocycles. The van der Waals surface area contributed by atoms with E-state index in [9.17, 15) is 4.79 Å². The van der Waals surface area contributed by atoms with Crippen molar-refractivity contribution in [3.8, 4) is 5.75 Å². The lowest BCUT2D eigenvalue weighted by Gasteiger charge is -2.20. The summed E-state index contributed by atoms with van der Waals surface area (Å²) in [5, 5.41) is 6.87. The zero-order chi connectivity index (χ0) is 20.5. The van der Waals surface area contributed by atoms with Crippen molar-refractivity contribution in [1.82, 2.24) is 10.8 Å². The molecule has 2 rings (SSSR count). The molecule has 0 aliphatic carbocycles. The summed E-state index contributed by atoms with van der Waals surface area (Å²) in [4.78, 5) is 22.9. The SMILES string of the molecule is CNC(=O)C(NOC)c1cccc(C)c1CO/N=C(\C)c1cccc(OC)c1. The molecule has 150 valence electrons. The van der Waals surface area contributed by atoms with Crippen molar-refractivity contribution in [3.63, 3.8) is 0 Å². The van der Waals surface area contributed by atoms with Crippen LogP contribution in [-0.4, -0.2) is 32.9 Å². The second kappa shape index (κ2) is 10.4. The molecule has 2 aromatic carbocycles. The number of aryl methyl sites for hydroxylation is 1. The third-order valence-corrected chi connectivity index (χ3v) is 4.40. The number of hydroxylamine groups is 1. The lowest BCUT2D eigenvalue weighted by molar-refractivity contribution is -0.126. The Kier molecular flexibility index (Phi) is 7.98. The Bertz CT molecular complexity index is 836. The van der Waals surface area contributed by atoms with E-state index < -0.39 is 6.04 Å². The number of benzene rings is 2. The summed E-state index contributed by atoms with van der Waals surface area (Å²) >= 11 is 0. The van der Waals surface area contributed by atoms with Gasteiger partial charge in [-0.1, -0.05) is 35.5 Å². The van der Waals surface area contributed by atoms with Crippen LogP contribution < -0.4 is 15.5 Å². The van der Waals surface area contributed by atoms with Crippen LogP contribution in [0.3, 0.4) is 0 Å². The van der Waals surface area contributed by atoms with Gasteiger partial charge < -0.3 is 19.7 Å². The molecule has 2 aromatic rings. The Morgan fingerprint density at radius 2 is 1.93 bits per heavy atom. The maximum absolute atomic E-state index is 12.3. The Balaban J connectivity index is 2.22. The van der Waals surface area contributed by atoms with E-state index in [2.05, 4.69) is 16.0 Å². The van der Waals surface area contributed by atoms with Crippen LogP contribution in [0.1, 0.15) is 35.2 Å². The van der Waals surface area contributed by atoms with Gasteiger partial charge in [0.25, 0.3) is 0 Å². The van der Waals surface area contributed by atoms with Gasteiger partial charge in [-0.25, -0.2) is 0 Å². The lowest BCUT2D eigenvalue weighted by Crippen LogP contribution is -2.36. The fourth-order valence-electron chi connectivity index (χ4n) is 2.81. The number of hydrogen-bond acceptors (Lipinski definition) is 6. The number of nitrogens with one attached hydrogen (secondary N) is 2. The van der Waals surface area contributed by atoms with E-state index in [1.165, 1.54) is 7.11 Å². The van der Waals surface area contributed by atoms with Gasteiger partial charge in [0, 0.05) is 18.2 Å². The highest BCUT2D eigenvalue weighted by molar-refractivity contribution is 5.98. The van der Waals surface area contributed by atoms with Crippen LogP contribution in [0.15, 0.2) is 47.6 Å². The summed E-state index contributed by atoms with van der Waals surface area (Å²) in [6.45, 7) is 4.06. The number of rotatable bonds is 9. The molecule has 0 bridgehead atoms. The topological polar surface area (TPSA) is 81.2 Å². The minimum atomic E-state index is -0.656. The normalized spacial score (nSPS) is 12.4. The molecule has 0 radical (unpaired) electrons. The first-order valence-electron chi connectivity index (χ1n) is 8.91. The number of methoxy groups -OCH3 is 1. The lowest BCUT2D eigenvalue weighted by atomic mass is 9.96. The van der Waals surface area contributed by atoms with Crippen molar-refractivity contribution in [3.05, 3.63) is 64.7 Å². The fraction of sp³-hybridized carbons (Fsp3) is 0.333. The van der Waals surface area contributed by atoms with Gasteiger partial charge in [0.1, 0.15) is 18.4 Å². The summed E-state index contributed by atoms with van der Waals surface area (Å²) in [6.07, 6.45) is 0. The summed E-state index contributed by atoms with van der Waals surface area (Å²) in [6, 6.07) is 12.7. The molecule has 0 heterocycles. The molecule has 0 aliphatic rings. The molecular formula is C21H27N3O4. The first-order chi connectivity index (χ1) is 13.5. The zero-order valence-corrected chi connectivity index (χ0v) is 16.9. The smallest absolute Gasteiger partial charge is 0.243 e. The molecule has 28 heavy (non-hydrogen) atoms. The fourth-order valence-corrected chi connectivity index (χ4v) is 2.81. The van der Waals surface area contributed by atoms with Gasteiger partial charge >= 0.3 is 0 Å². The van der Waals surface area contributed by atoms with Crippen molar-refractivity contribution in [2.75, 3.05) is 21.3 Å². The average Bonchev–Trinajstić information content (AvgIpc) is 2.72. The average molecular weight is 385 g/mol. The van der Waals surface area contributed by atoms with E-state index in [4.69, 9.17) is 14.4 Å². The van der Waals surface area contributed by atoms with Gasteiger partial charge in [-0.3, -0.25) is 4.79 Å². The highest BCUT2D eigenvalue weighted by Crippen LogP contribution is 2.23. The van der Waals surface area contributed by atoms with Crippen LogP contribution in [0.4, 0.5) is 0 Å². The van der Waals surface area contributed by atoms with Crippen molar-refractivity contribution in [2.45, 2.75) is 26.5 Å². The van der Waals surface area contributed by atoms with Crippen LogP contribution in [0.5, 0.6) is 5.75 Å². The quantitative estimate of drug-likeness (QED) is 0.512. The molecule has 2 N–H and O–H groups in total. The molecular weight excluding hydrogens is 358 g/mol. The number of hydrogen-bond donors (Lipinski definition) is 2. The Labute approximate surface area is 165 Å². The van der Waals surface area contributed by atoms with E-state index in [0.29, 0.717) is 0 Å². The number of likely N-dealkylation sites (N-methyl/N-ethyl adjacent to an activating group) is 1. The highest BCUT2D eigenvalue weighted by atomic mass is 16.6. The maximum atomic E-state index is 12.3.